The zero-order valence-corrected chi connectivity index (χ0v) is 16.8. The Morgan fingerprint density at radius 2 is 1.96 bits per heavy atom. The summed E-state index contributed by atoms with van der Waals surface area (Å²) in [6, 6.07) is 9.46. The van der Waals surface area contributed by atoms with E-state index >= 15 is 0 Å². The van der Waals surface area contributed by atoms with Gasteiger partial charge in [0.05, 0.1) is 19.7 Å². The second-order valence-corrected chi connectivity index (χ2v) is 7.19. The van der Waals surface area contributed by atoms with Gasteiger partial charge in [0, 0.05) is 19.0 Å². The van der Waals surface area contributed by atoms with E-state index < -0.39 is 5.97 Å². The van der Waals surface area contributed by atoms with Crippen molar-refractivity contribution in [1.82, 2.24) is 0 Å². The highest BCUT2D eigenvalue weighted by atomic mass is 79.9. The van der Waals surface area contributed by atoms with E-state index in [1.165, 1.54) is 0 Å². The molecular weight excluding hydrogens is 461 g/mol. The molecule has 0 fully saturated rings. The number of carboxylic acids is 1. The van der Waals surface area contributed by atoms with E-state index in [1.807, 2.05) is 37.4 Å². The van der Waals surface area contributed by atoms with Crippen LogP contribution in [0.4, 0.5) is 5.69 Å². The van der Waals surface area contributed by atoms with Crippen LogP contribution in [0.2, 0.25) is 5.02 Å². The number of carbonyl (C=O) groups is 1. The second-order valence-electron chi connectivity index (χ2n) is 5.10. The summed E-state index contributed by atoms with van der Waals surface area (Å²) in [5, 5.41) is 12.4. The molecule has 7 heteroatoms. The predicted octanol–water partition coefficient (Wildman–Crippen LogP) is 5.50. The van der Waals surface area contributed by atoms with E-state index in [0.29, 0.717) is 23.8 Å². The van der Waals surface area contributed by atoms with Crippen LogP contribution in [-0.2, 0) is 17.8 Å². The van der Waals surface area contributed by atoms with Crippen LogP contribution in [0.1, 0.15) is 17.5 Å². The fourth-order valence-electron chi connectivity index (χ4n) is 2.18. The summed E-state index contributed by atoms with van der Waals surface area (Å²) in [6.07, 6.45) is 0.550. The lowest BCUT2D eigenvalue weighted by Crippen LogP contribution is -2.01. The minimum atomic E-state index is -0.818. The molecule has 2 aromatic carbocycles. The topological polar surface area (TPSA) is 58.6 Å². The van der Waals surface area contributed by atoms with Crippen LogP contribution in [-0.4, -0.2) is 18.1 Å². The number of rotatable bonds is 7. The van der Waals surface area contributed by atoms with Gasteiger partial charge in [0.1, 0.15) is 12.4 Å². The first-order valence-corrected chi connectivity index (χ1v) is 9.16. The number of hydrogen-bond acceptors (Lipinski definition) is 3. The molecule has 0 aromatic heterocycles. The number of halogens is 3. The number of carboxylic acid groups (broad SMARTS) is 1. The molecule has 0 amide bonds. The van der Waals surface area contributed by atoms with Crippen molar-refractivity contribution in [1.29, 1.82) is 0 Å². The van der Waals surface area contributed by atoms with Crippen LogP contribution in [0.3, 0.4) is 0 Å². The van der Waals surface area contributed by atoms with Crippen molar-refractivity contribution in [3.8, 4) is 5.75 Å². The average molecular weight is 478 g/mol. The maximum atomic E-state index is 10.7. The highest BCUT2D eigenvalue weighted by molar-refractivity contribution is 9.11. The third-order valence-electron chi connectivity index (χ3n) is 3.41. The van der Waals surface area contributed by atoms with Gasteiger partial charge in [-0.1, -0.05) is 23.7 Å². The summed E-state index contributed by atoms with van der Waals surface area (Å²) in [7, 11) is 1.81. The second kappa shape index (κ2) is 8.74. The van der Waals surface area contributed by atoms with Crippen LogP contribution in [0.15, 0.2) is 39.3 Å². The first kappa shape index (κ1) is 19.1. The molecular formula is C17H16Br2ClNO3. The summed E-state index contributed by atoms with van der Waals surface area (Å²) in [6.45, 7) is 0.319. The molecule has 4 nitrogen and oxygen atoms in total. The molecule has 0 unspecified atom stereocenters. The Kier molecular flexibility index (Phi) is 6.95. The van der Waals surface area contributed by atoms with Crippen LogP contribution in [0.25, 0.3) is 0 Å². The minimum absolute atomic E-state index is 0.0888. The van der Waals surface area contributed by atoms with Gasteiger partial charge in [0.15, 0.2) is 0 Å². The van der Waals surface area contributed by atoms with Gasteiger partial charge < -0.3 is 15.2 Å². The highest BCUT2D eigenvalue weighted by Gasteiger charge is 2.12. The molecule has 0 radical (unpaired) electrons. The Bertz CT molecular complexity index is 730. The van der Waals surface area contributed by atoms with E-state index in [-0.39, 0.29) is 6.42 Å². The quantitative estimate of drug-likeness (QED) is 0.553. The summed E-state index contributed by atoms with van der Waals surface area (Å²) in [5.41, 5.74) is 2.64. The monoisotopic (exact) mass is 475 g/mol. The molecule has 0 saturated carbocycles. The number of benzene rings is 2. The van der Waals surface area contributed by atoms with Gasteiger partial charge in [-0.05, 0) is 62.0 Å². The largest absolute Gasteiger partial charge is 0.486 e. The minimum Gasteiger partial charge on any atom is -0.486 e. The predicted molar refractivity (Wildman–Crippen MR) is 103 cm³/mol. The lowest BCUT2D eigenvalue weighted by Gasteiger charge is -2.14. The van der Waals surface area contributed by atoms with Crippen molar-refractivity contribution in [2.24, 2.45) is 0 Å². The van der Waals surface area contributed by atoms with E-state index in [9.17, 15) is 4.79 Å². The molecule has 0 aliphatic carbocycles. The lowest BCUT2D eigenvalue weighted by molar-refractivity contribution is -0.136. The maximum absolute atomic E-state index is 10.7. The van der Waals surface area contributed by atoms with Crippen LogP contribution >= 0.6 is 43.5 Å². The van der Waals surface area contributed by atoms with Crippen molar-refractivity contribution < 1.29 is 14.6 Å². The van der Waals surface area contributed by atoms with Gasteiger partial charge in [-0.25, -0.2) is 0 Å². The molecule has 2 N–H and O–H groups in total. The first-order chi connectivity index (χ1) is 11.4. The fraction of sp³-hybridized carbons (Fsp3) is 0.235. The molecule has 24 heavy (non-hydrogen) atoms. The Balaban J connectivity index is 2.14. The van der Waals surface area contributed by atoms with Crippen molar-refractivity contribution in [2.75, 3.05) is 12.4 Å². The smallest absolute Gasteiger partial charge is 0.303 e. The third-order valence-corrected chi connectivity index (χ3v) is 5.03. The Morgan fingerprint density at radius 3 is 2.54 bits per heavy atom. The zero-order valence-electron chi connectivity index (χ0n) is 12.9. The fourth-order valence-corrected chi connectivity index (χ4v) is 3.97. The van der Waals surface area contributed by atoms with E-state index in [0.717, 1.165) is 25.8 Å². The number of anilines is 1. The Hall–Kier alpha value is -1.24. The molecule has 0 aliphatic heterocycles. The van der Waals surface area contributed by atoms with Crippen LogP contribution < -0.4 is 10.1 Å². The van der Waals surface area contributed by atoms with E-state index in [1.54, 1.807) is 0 Å². The highest BCUT2D eigenvalue weighted by Crippen LogP contribution is 2.36. The molecule has 2 aromatic rings. The molecule has 0 aliphatic rings. The number of hydrogen-bond donors (Lipinski definition) is 2. The Labute approximate surface area is 162 Å². The van der Waals surface area contributed by atoms with Gasteiger partial charge in [0.25, 0.3) is 0 Å². The molecule has 0 bridgehead atoms. The zero-order chi connectivity index (χ0) is 17.7. The van der Waals surface area contributed by atoms with Gasteiger partial charge in [-0.3, -0.25) is 4.79 Å². The van der Waals surface area contributed by atoms with Crippen molar-refractivity contribution in [2.45, 2.75) is 19.4 Å². The maximum Gasteiger partial charge on any atom is 0.303 e. The summed E-state index contributed by atoms with van der Waals surface area (Å²) < 4.78 is 7.42. The molecule has 2 rings (SSSR count). The molecule has 0 saturated heterocycles. The SMILES string of the molecule is CNc1cccc(COc2c(Br)cc(CCC(=O)O)cc2Br)c1Cl. The lowest BCUT2D eigenvalue weighted by atomic mass is 10.1. The summed E-state index contributed by atoms with van der Waals surface area (Å²) in [4.78, 5) is 10.7. The molecule has 0 heterocycles. The number of nitrogens with one attached hydrogen (secondary N) is 1. The van der Waals surface area contributed by atoms with Crippen molar-refractivity contribution in [3.05, 3.63) is 55.4 Å². The number of aliphatic carboxylic acids is 1. The third kappa shape index (κ3) is 4.88. The van der Waals surface area contributed by atoms with E-state index in [4.69, 9.17) is 21.4 Å². The molecule has 0 spiro atoms. The Morgan fingerprint density at radius 1 is 1.29 bits per heavy atom. The van der Waals surface area contributed by atoms with Crippen molar-refractivity contribution >= 4 is 55.1 Å². The van der Waals surface area contributed by atoms with Gasteiger partial charge in [-0.2, -0.15) is 0 Å². The van der Waals surface area contributed by atoms with Gasteiger partial charge in [0.2, 0.25) is 0 Å². The van der Waals surface area contributed by atoms with Gasteiger partial charge in [-0.15, -0.1) is 0 Å². The molecule has 128 valence electrons. The number of ether oxygens (including phenoxy) is 1. The standard InChI is InChI=1S/C17H16Br2ClNO3/c1-21-14-4-2-3-11(16(14)20)9-24-17-12(18)7-10(8-13(17)19)5-6-15(22)23/h2-4,7-8,21H,5-6,9H2,1H3,(H,22,23). The van der Waals surface area contributed by atoms with Crippen molar-refractivity contribution in [3.63, 3.8) is 0 Å². The average Bonchev–Trinajstić information content (AvgIpc) is 2.53. The summed E-state index contributed by atoms with van der Waals surface area (Å²) >= 11 is 13.3. The van der Waals surface area contributed by atoms with Gasteiger partial charge >= 0.3 is 5.97 Å². The van der Waals surface area contributed by atoms with E-state index in [2.05, 4.69) is 37.2 Å². The van der Waals surface area contributed by atoms with Crippen LogP contribution in [0.5, 0.6) is 5.75 Å². The summed E-state index contributed by atoms with van der Waals surface area (Å²) in [5.74, 6) is -0.165. The first-order valence-electron chi connectivity index (χ1n) is 7.20. The normalized spacial score (nSPS) is 10.5. The molecule has 0 atom stereocenters. The van der Waals surface area contributed by atoms with Crippen LogP contribution in [0, 0.1) is 0 Å². The number of aryl methyl sites for hydroxylation is 1.